The van der Waals surface area contributed by atoms with Crippen LogP contribution in [-0.2, 0) is 11.2 Å². The molecule has 1 amide bonds. The molecular weight excluding hydrogens is 326 g/mol. The van der Waals surface area contributed by atoms with Crippen LogP contribution in [0.15, 0.2) is 36.4 Å². The van der Waals surface area contributed by atoms with Gasteiger partial charge in [0, 0.05) is 23.9 Å². The van der Waals surface area contributed by atoms with Crippen LogP contribution in [0.5, 0.6) is 5.75 Å². The number of hydrogen-bond donors (Lipinski definition) is 2. The lowest BCUT2D eigenvalue weighted by atomic mass is 10.2. The number of methoxy groups -OCH3 is 1. The van der Waals surface area contributed by atoms with E-state index in [9.17, 15) is 4.79 Å². The van der Waals surface area contributed by atoms with E-state index in [1.54, 1.807) is 19.2 Å². The molecule has 3 aromatic rings. The van der Waals surface area contributed by atoms with Crippen molar-refractivity contribution < 1.29 is 9.53 Å². The van der Waals surface area contributed by atoms with E-state index >= 15 is 0 Å². The number of nitrogens with one attached hydrogen (secondary N) is 2. The Bertz CT molecular complexity index is 856. The Hall–Kier alpha value is -2.53. The molecule has 0 radical (unpaired) electrons. The molecule has 0 spiro atoms. The summed E-state index contributed by atoms with van der Waals surface area (Å²) in [5, 5.41) is 3.47. The number of benzene rings is 2. The van der Waals surface area contributed by atoms with Crippen LogP contribution >= 0.6 is 11.6 Å². The molecule has 0 unspecified atom stereocenters. The van der Waals surface area contributed by atoms with Crippen LogP contribution in [0.25, 0.3) is 11.0 Å². The predicted octanol–water partition coefficient (Wildman–Crippen LogP) is 4.10. The summed E-state index contributed by atoms with van der Waals surface area (Å²) in [5.74, 6) is 1.24. The Morgan fingerprint density at radius 1 is 1.33 bits per heavy atom. The number of fused-ring (bicyclic) bond motifs is 1. The number of carbonyl (C=O) groups is 1. The predicted molar refractivity (Wildman–Crippen MR) is 95.8 cm³/mol. The molecular formula is C18H18ClN3O2. The van der Waals surface area contributed by atoms with Gasteiger partial charge in [-0.05, 0) is 30.7 Å². The van der Waals surface area contributed by atoms with Gasteiger partial charge in [0.2, 0.25) is 5.91 Å². The van der Waals surface area contributed by atoms with Crippen molar-refractivity contribution >= 4 is 34.2 Å². The zero-order valence-corrected chi connectivity index (χ0v) is 14.3. The highest BCUT2D eigenvalue weighted by Crippen LogP contribution is 2.31. The van der Waals surface area contributed by atoms with E-state index in [2.05, 4.69) is 15.3 Å². The van der Waals surface area contributed by atoms with Crippen LogP contribution in [0.2, 0.25) is 5.02 Å². The maximum atomic E-state index is 12.2. The van der Waals surface area contributed by atoms with Gasteiger partial charge in [-0.15, -0.1) is 0 Å². The third-order valence-corrected chi connectivity index (χ3v) is 4.19. The Kier molecular flexibility index (Phi) is 4.71. The number of aromatic nitrogens is 2. The number of halogens is 1. The molecule has 0 fully saturated rings. The minimum absolute atomic E-state index is 0.101. The smallest absolute Gasteiger partial charge is 0.224 e. The van der Waals surface area contributed by atoms with Crippen molar-refractivity contribution in [3.63, 3.8) is 0 Å². The number of nitrogens with zero attached hydrogens (tertiary/aromatic N) is 1. The van der Waals surface area contributed by atoms with Crippen molar-refractivity contribution in [2.45, 2.75) is 19.8 Å². The number of anilines is 1. The fourth-order valence-corrected chi connectivity index (χ4v) is 2.65. The highest BCUT2D eigenvalue weighted by molar-refractivity contribution is 6.31. The fraction of sp³-hybridized carbons (Fsp3) is 0.222. The van der Waals surface area contributed by atoms with Crippen molar-refractivity contribution in [3.8, 4) is 5.75 Å². The van der Waals surface area contributed by atoms with Crippen LogP contribution < -0.4 is 10.1 Å². The van der Waals surface area contributed by atoms with Gasteiger partial charge in [-0.25, -0.2) is 4.98 Å². The fourth-order valence-electron chi connectivity index (χ4n) is 2.50. The van der Waals surface area contributed by atoms with Crippen LogP contribution in [0.4, 0.5) is 5.69 Å². The van der Waals surface area contributed by atoms with Crippen LogP contribution in [0.1, 0.15) is 17.8 Å². The Balaban J connectivity index is 1.66. The molecule has 24 heavy (non-hydrogen) atoms. The summed E-state index contributed by atoms with van der Waals surface area (Å²) >= 11 is 6.08. The highest BCUT2D eigenvalue weighted by Gasteiger charge is 2.11. The number of carbonyl (C=O) groups excluding carboxylic acids is 1. The molecule has 0 aliphatic carbocycles. The second-order valence-electron chi connectivity index (χ2n) is 5.55. The van der Waals surface area contributed by atoms with Gasteiger partial charge in [-0.2, -0.15) is 0 Å². The number of para-hydroxylation sites is 2. The first-order valence-electron chi connectivity index (χ1n) is 7.64. The largest absolute Gasteiger partial charge is 0.495 e. The molecule has 0 aliphatic heterocycles. The topological polar surface area (TPSA) is 67.0 Å². The van der Waals surface area contributed by atoms with Crippen LogP contribution in [-0.4, -0.2) is 23.0 Å². The summed E-state index contributed by atoms with van der Waals surface area (Å²) in [7, 11) is 1.55. The zero-order chi connectivity index (χ0) is 17.1. The highest BCUT2D eigenvalue weighted by atomic mass is 35.5. The summed E-state index contributed by atoms with van der Waals surface area (Å²) in [6, 6.07) is 11.3. The quantitative estimate of drug-likeness (QED) is 0.732. The standard InChI is InChI=1S/C18H18ClN3O2/c1-11-9-15(16(24-2)10-12(11)19)22-18(23)8-7-17-20-13-5-3-4-6-14(13)21-17/h3-6,9-10H,7-8H2,1-2H3,(H,20,21)(H,22,23). The summed E-state index contributed by atoms with van der Waals surface area (Å²) in [6.07, 6.45) is 0.861. The van der Waals surface area contributed by atoms with Crippen molar-refractivity contribution in [2.24, 2.45) is 0 Å². The maximum absolute atomic E-state index is 12.2. The minimum atomic E-state index is -0.101. The van der Waals surface area contributed by atoms with Gasteiger partial charge in [0.25, 0.3) is 0 Å². The summed E-state index contributed by atoms with van der Waals surface area (Å²) in [6.45, 7) is 1.88. The third kappa shape index (κ3) is 3.51. The Morgan fingerprint density at radius 2 is 2.12 bits per heavy atom. The van der Waals surface area contributed by atoms with Crippen molar-refractivity contribution in [1.29, 1.82) is 0 Å². The lowest BCUT2D eigenvalue weighted by Gasteiger charge is -2.12. The molecule has 0 atom stereocenters. The lowest BCUT2D eigenvalue weighted by molar-refractivity contribution is -0.116. The normalized spacial score (nSPS) is 10.8. The number of aryl methyl sites for hydroxylation is 2. The van der Waals surface area contributed by atoms with Gasteiger partial charge in [-0.1, -0.05) is 23.7 Å². The van der Waals surface area contributed by atoms with Gasteiger partial charge in [0.05, 0.1) is 23.8 Å². The molecule has 0 aliphatic rings. The summed E-state index contributed by atoms with van der Waals surface area (Å²) < 4.78 is 5.27. The molecule has 3 rings (SSSR count). The second kappa shape index (κ2) is 6.93. The van der Waals surface area contributed by atoms with Gasteiger partial charge in [0.1, 0.15) is 11.6 Å². The number of hydrogen-bond acceptors (Lipinski definition) is 3. The molecule has 0 saturated carbocycles. The number of ether oxygens (including phenoxy) is 1. The molecule has 6 heteroatoms. The molecule has 5 nitrogen and oxygen atoms in total. The first kappa shape index (κ1) is 16.3. The zero-order valence-electron chi connectivity index (χ0n) is 13.5. The number of imidazole rings is 1. The molecule has 1 aromatic heterocycles. The summed E-state index contributed by atoms with van der Waals surface area (Å²) in [4.78, 5) is 19.9. The van der Waals surface area contributed by atoms with E-state index in [0.717, 1.165) is 22.4 Å². The molecule has 0 saturated heterocycles. The third-order valence-electron chi connectivity index (χ3n) is 3.78. The van der Waals surface area contributed by atoms with E-state index in [4.69, 9.17) is 16.3 Å². The molecule has 1 heterocycles. The van der Waals surface area contributed by atoms with E-state index in [0.29, 0.717) is 29.3 Å². The van der Waals surface area contributed by atoms with Gasteiger partial charge in [0.15, 0.2) is 0 Å². The molecule has 2 N–H and O–H groups in total. The monoisotopic (exact) mass is 343 g/mol. The van der Waals surface area contributed by atoms with E-state index < -0.39 is 0 Å². The minimum Gasteiger partial charge on any atom is -0.495 e. The number of amides is 1. The van der Waals surface area contributed by atoms with Crippen molar-refractivity contribution in [1.82, 2.24) is 9.97 Å². The SMILES string of the molecule is COc1cc(Cl)c(C)cc1NC(=O)CCc1nc2ccccc2[nH]1. The number of H-pyrrole nitrogens is 1. The lowest BCUT2D eigenvalue weighted by Crippen LogP contribution is -2.13. The molecule has 2 aromatic carbocycles. The van der Waals surface area contributed by atoms with E-state index in [1.165, 1.54) is 0 Å². The Labute approximate surface area is 145 Å². The van der Waals surface area contributed by atoms with Gasteiger partial charge >= 0.3 is 0 Å². The van der Waals surface area contributed by atoms with Gasteiger partial charge in [-0.3, -0.25) is 4.79 Å². The van der Waals surface area contributed by atoms with E-state index in [-0.39, 0.29) is 5.91 Å². The average Bonchev–Trinajstić information content (AvgIpc) is 2.99. The van der Waals surface area contributed by atoms with Crippen molar-refractivity contribution in [2.75, 3.05) is 12.4 Å². The van der Waals surface area contributed by atoms with E-state index in [1.807, 2.05) is 31.2 Å². The average molecular weight is 344 g/mol. The number of rotatable bonds is 5. The first-order chi connectivity index (χ1) is 11.6. The molecule has 124 valence electrons. The first-order valence-corrected chi connectivity index (χ1v) is 8.02. The number of aromatic amines is 1. The van der Waals surface area contributed by atoms with Crippen LogP contribution in [0, 0.1) is 6.92 Å². The summed E-state index contributed by atoms with van der Waals surface area (Å²) in [5.41, 5.74) is 3.38. The van der Waals surface area contributed by atoms with Gasteiger partial charge < -0.3 is 15.0 Å². The Morgan fingerprint density at radius 3 is 2.88 bits per heavy atom. The second-order valence-corrected chi connectivity index (χ2v) is 5.96. The van der Waals surface area contributed by atoms with Crippen LogP contribution in [0.3, 0.4) is 0 Å². The molecule has 0 bridgehead atoms. The van der Waals surface area contributed by atoms with Crippen molar-refractivity contribution in [3.05, 3.63) is 52.8 Å². The maximum Gasteiger partial charge on any atom is 0.224 e.